The molecule has 1 saturated carbocycles. The van der Waals surface area contributed by atoms with Gasteiger partial charge in [0.1, 0.15) is 0 Å². The van der Waals surface area contributed by atoms with Crippen LogP contribution in [0.4, 0.5) is 0 Å². The minimum atomic E-state index is 0.855. The third-order valence-electron chi connectivity index (χ3n) is 3.76. The first kappa shape index (κ1) is 6.66. The summed E-state index contributed by atoms with van der Waals surface area (Å²) in [6.45, 7) is 4.79. The average Bonchev–Trinajstić information content (AvgIpc) is 2.36. The number of hydrogen-bond acceptors (Lipinski definition) is 1. The Balaban J connectivity index is 2.16. The number of nitrogens with zero attached hydrogens (tertiary/aromatic N) is 1. The predicted molar refractivity (Wildman–Crippen MR) is 42.9 cm³/mol. The lowest BCUT2D eigenvalue weighted by molar-refractivity contribution is 0.152. The van der Waals surface area contributed by atoms with E-state index in [1.807, 2.05) is 0 Å². The van der Waals surface area contributed by atoms with Crippen molar-refractivity contribution >= 4 is 0 Å². The molecule has 2 bridgehead atoms. The predicted octanol–water partition coefficient (Wildman–Crippen LogP) is 1.74. The average molecular weight is 139 g/mol. The maximum atomic E-state index is 2.56. The summed E-state index contributed by atoms with van der Waals surface area (Å²) in [5.74, 6) is 2.01. The van der Waals surface area contributed by atoms with Crippen molar-refractivity contribution in [2.45, 2.75) is 38.8 Å². The van der Waals surface area contributed by atoms with E-state index in [2.05, 4.69) is 25.8 Å². The Hall–Kier alpha value is -0.0400. The molecule has 1 aliphatic carbocycles. The largest absolute Gasteiger partial charge is 0.300 e. The van der Waals surface area contributed by atoms with Gasteiger partial charge in [-0.2, -0.15) is 0 Å². The van der Waals surface area contributed by atoms with E-state index in [-0.39, 0.29) is 0 Å². The molecule has 0 amide bonds. The van der Waals surface area contributed by atoms with Crippen LogP contribution in [0, 0.1) is 11.8 Å². The van der Waals surface area contributed by atoms with E-state index in [1.54, 1.807) is 0 Å². The van der Waals surface area contributed by atoms with Crippen LogP contribution in [0.1, 0.15) is 26.7 Å². The third-order valence-corrected chi connectivity index (χ3v) is 3.76. The molecule has 4 atom stereocenters. The summed E-state index contributed by atoms with van der Waals surface area (Å²) in [5, 5.41) is 0. The highest BCUT2D eigenvalue weighted by atomic mass is 15.2. The summed E-state index contributed by atoms with van der Waals surface area (Å²) in [7, 11) is 2.28. The van der Waals surface area contributed by atoms with E-state index in [0.717, 1.165) is 23.9 Å². The van der Waals surface area contributed by atoms with Crippen molar-refractivity contribution in [2.75, 3.05) is 7.05 Å². The summed E-state index contributed by atoms with van der Waals surface area (Å²) in [6, 6.07) is 1.78. The van der Waals surface area contributed by atoms with E-state index in [0.29, 0.717) is 0 Å². The summed E-state index contributed by atoms with van der Waals surface area (Å²) in [4.78, 5) is 2.56. The van der Waals surface area contributed by atoms with Crippen LogP contribution in [-0.2, 0) is 0 Å². The van der Waals surface area contributed by atoms with Gasteiger partial charge in [0.05, 0.1) is 0 Å². The van der Waals surface area contributed by atoms with Gasteiger partial charge in [0.15, 0.2) is 0 Å². The molecular formula is C9H17N. The van der Waals surface area contributed by atoms with Gasteiger partial charge < -0.3 is 4.90 Å². The highest BCUT2D eigenvalue weighted by molar-refractivity contribution is 4.99. The fourth-order valence-electron chi connectivity index (χ4n) is 2.89. The molecule has 58 valence electrons. The molecule has 1 heterocycles. The molecule has 2 rings (SSSR count). The Morgan fingerprint density at radius 2 is 1.90 bits per heavy atom. The molecule has 0 aromatic rings. The van der Waals surface area contributed by atoms with Crippen molar-refractivity contribution in [3.63, 3.8) is 0 Å². The quantitative estimate of drug-likeness (QED) is 0.494. The number of hydrogen-bond donors (Lipinski definition) is 0. The molecule has 2 aliphatic rings. The zero-order valence-electron chi connectivity index (χ0n) is 7.17. The van der Waals surface area contributed by atoms with Gasteiger partial charge in [-0.15, -0.1) is 0 Å². The van der Waals surface area contributed by atoms with E-state index < -0.39 is 0 Å². The van der Waals surface area contributed by atoms with Crippen LogP contribution in [0.5, 0.6) is 0 Å². The Morgan fingerprint density at radius 3 is 2.30 bits per heavy atom. The smallest absolute Gasteiger partial charge is 0.0101 e. The van der Waals surface area contributed by atoms with Gasteiger partial charge in [0.25, 0.3) is 0 Å². The van der Waals surface area contributed by atoms with Gasteiger partial charge in [-0.05, 0) is 38.6 Å². The summed E-state index contributed by atoms with van der Waals surface area (Å²) in [6.07, 6.45) is 2.92. The van der Waals surface area contributed by atoms with Crippen molar-refractivity contribution in [3.05, 3.63) is 0 Å². The molecule has 1 aliphatic heterocycles. The molecular weight excluding hydrogens is 122 g/mol. The third kappa shape index (κ3) is 0.672. The van der Waals surface area contributed by atoms with Crippen LogP contribution in [-0.4, -0.2) is 24.0 Å². The van der Waals surface area contributed by atoms with Crippen molar-refractivity contribution in [1.82, 2.24) is 4.90 Å². The fourth-order valence-corrected chi connectivity index (χ4v) is 2.89. The minimum absolute atomic E-state index is 0.855. The highest BCUT2D eigenvalue weighted by Gasteiger charge is 2.45. The van der Waals surface area contributed by atoms with Crippen LogP contribution in [0.15, 0.2) is 0 Å². The lowest BCUT2D eigenvalue weighted by atomic mass is 9.91. The molecule has 10 heavy (non-hydrogen) atoms. The minimum Gasteiger partial charge on any atom is -0.300 e. The van der Waals surface area contributed by atoms with Gasteiger partial charge in [0.2, 0.25) is 0 Å². The topological polar surface area (TPSA) is 3.24 Å². The first-order chi connectivity index (χ1) is 4.70. The number of rotatable bonds is 0. The SMILES string of the molecule is CC1C[C@@H]2C[C@H]1[C@@H](C)N2C. The van der Waals surface area contributed by atoms with Gasteiger partial charge in [-0.1, -0.05) is 6.92 Å². The van der Waals surface area contributed by atoms with Crippen molar-refractivity contribution < 1.29 is 0 Å². The fraction of sp³-hybridized carbons (Fsp3) is 1.00. The Morgan fingerprint density at radius 1 is 1.20 bits per heavy atom. The van der Waals surface area contributed by atoms with Crippen LogP contribution in [0.2, 0.25) is 0 Å². The van der Waals surface area contributed by atoms with Crippen LogP contribution in [0.25, 0.3) is 0 Å². The Kier molecular flexibility index (Phi) is 1.31. The van der Waals surface area contributed by atoms with Gasteiger partial charge in [-0.25, -0.2) is 0 Å². The molecule has 2 fully saturated rings. The standard InChI is InChI=1S/C9H17N/c1-6-4-8-5-9(6)7(2)10(8)3/h6-9H,4-5H2,1-3H3/t6?,7-,8-,9-/m1/s1. The molecule has 0 aromatic carbocycles. The monoisotopic (exact) mass is 139 g/mol. The first-order valence-corrected chi connectivity index (χ1v) is 4.42. The molecule has 0 aromatic heterocycles. The van der Waals surface area contributed by atoms with Crippen molar-refractivity contribution in [2.24, 2.45) is 11.8 Å². The molecule has 0 radical (unpaired) electrons. The van der Waals surface area contributed by atoms with Crippen LogP contribution >= 0.6 is 0 Å². The lowest BCUT2D eigenvalue weighted by Gasteiger charge is -2.32. The Labute approximate surface area is 63.4 Å². The highest BCUT2D eigenvalue weighted by Crippen LogP contribution is 2.44. The van der Waals surface area contributed by atoms with Crippen molar-refractivity contribution in [1.29, 1.82) is 0 Å². The Bertz CT molecular complexity index is 142. The lowest BCUT2D eigenvalue weighted by Crippen LogP contribution is -2.38. The molecule has 0 spiro atoms. The summed E-state index contributed by atoms with van der Waals surface area (Å²) in [5.41, 5.74) is 0. The maximum Gasteiger partial charge on any atom is 0.0101 e. The van der Waals surface area contributed by atoms with Crippen LogP contribution in [0.3, 0.4) is 0 Å². The second-order valence-electron chi connectivity index (χ2n) is 4.17. The normalized spacial score (nSPS) is 54.3. The van der Waals surface area contributed by atoms with E-state index >= 15 is 0 Å². The zero-order valence-corrected chi connectivity index (χ0v) is 7.17. The zero-order chi connectivity index (χ0) is 7.30. The molecule has 1 nitrogen and oxygen atoms in total. The molecule has 1 unspecified atom stereocenters. The van der Waals surface area contributed by atoms with E-state index in [9.17, 15) is 0 Å². The van der Waals surface area contributed by atoms with E-state index in [4.69, 9.17) is 0 Å². The van der Waals surface area contributed by atoms with Crippen LogP contribution < -0.4 is 0 Å². The summed E-state index contributed by atoms with van der Waals surface area (Å²) >= 11 is 0. The number of piperidine rings is 1. The maximum absolute atomic E-state index is 2.56. The molecule has 0 N–H and O–H groups in total. The van der Waals surface area contributed by atoms with Gasteiger partial charge >= 0.3 is 0 Å². The second-order valence-corrected chi connectivity index (χ2v) is 4.17. The second kappa shape index (κ2) is 1.97. The van der Waals surface area contributed by atoms with Crippen molar-refractivity contribution in [3.8, 4) is 0 Å². The van der Waals surface area contributed by atoms with Gasteiger partial charge in [-0.3, -0.25) is 0 Å². The number of fused-ring (bicyclic) bond motifs is 2. The van der Waals surface area contributed by atoms with E-state index in [1.165, 1.54) is 12.8 Å². The summed E-state index contributed by atoms with van der Waals surface area (Å²) < 4.78 is 0. The number of likely N-dealkylation sites (tertiary alicyclic amines) is 1. The first-order valence-electron chi connectivity index (χ1n) is 4.42. The van der Waals surface area contributed by atoms with Gasteiger partial charge in [0, 0.05) is 12.1 Å². The molecule has 1 saturated heterocycles. The molecule has 1 heteroatoms.